The maximum atomic E-state index is 12.8. The molecule has 0 saturated heterocycles. The first kappa shape index (κ1) is 15.7. The van der Waals surface area contributed by atoms with Gasteiger partial charge in [0.05, 0.1) is 11.9 Å². The van der Waals surface area contributed by atoms with Gasteiger partial charge in [0.15, 0.2) is 5.71 Å². The third-order valence-electron chi connectivity index (χ3n) is 2.69. The van der Waals surface area contributed by atoms with Crippen LogP contribution in [0.1, 0.15) is 10.4 Å². The van der Waals surface area contributed by atoms with Gasteiger partial charge in [0, 0.05) is 10.6 Å². The Morgan fingerprint density at radius 2 is 1.77 bits per heavy atom. The summed E-state index contributed by atoms with van der Waals surface area (Å²) in [6, 6.07) is 11.9. The first-order chi connectivity index (χ1) is 10.6. The van der Waals surface area contributed by atoms with E-state index in [0.717, 1.165) is 6.21 Å². The van der Waals surface area contributed by atoms with Crippen molar-refractivity contribution in [3.63, 3.8) is 0 Å². The Morgan fingerprint density at radius 1 is 1.14 bits per heavy atom. The number of nitrogens with zero attached hydrogens (tertiary/aromatic N) is 2. The minimum absolute atomic E-state index is 0.00847. The summed E-state index contributed by atoms with van der Waals surface area (Å²) in [5.74, 6) is 4.36. The molecule has 0 heterocycles. The van der Waals surface area contributed by atoms with Gasteiger partial charge < -0.3 is 5.84 Å². The predicted octanol–water partition coefficient (Wildman–Crippen LogP) is 3.07. The number of nitrogens with two attached hydrogens (primary N) is 1. The Morgan fingerprint density at radius 3 is 2.36 bits per heavy atom. The zero-order valence-corrected chi connectivity index (χ0v) is 12.1. The summed E-state index contributed by atoms with van der Waals surface area (Å²) in [4.78, 5) is 12.3. The van der Waals surface area contributed by atoms with Crippen molar-refractivity contribution in [2.75, 3.05) is 5.43 Å². The molecule has 2 aromatic rings. The number of nitrogens with one attached hydrogen (secondary N) is 1. The van der Waals surface area contributed by atoms with Crippen LogP contribution in [0.15, 0.2) is 58.7 Å². The molecule has 0 unspecified atom stereocenters. The average Bonchev–Trinajstić information content (AvgIpc) is 2.53. The Kier molecular flexibility index (Phi) is 5.21. The van der Waals surface area contributed by atoms with Gasteiger partial charge >= 0.3 is 0 Å². The lowest BCUT2D eigenvalue weighted by molar-refractivity contribution is 0.106. The van der Waals surface area contributed by atoms with Gasteiger partial charge in [-0.15, -0.1) is 0 Å². The van der Waals surface area contributed by atoms with Crippen LogP contribution in [0.25, 0.3) is 0 Å². The molecule has 0 radical (unpaired) electrons. The number of halogens is 2. The Bertz CT molecular complexity index is 711. The third kappa shape index (κ3) is 4.13. The molecule has 5 nitrogen and oxygen atoms in total. The quantitative estimate of drug-likeness (QED) is 0.385. The summed E-state index contributed by atoms with van der Waals surface area (Å²) in [5.41, 5.74) is 3.57. The standard InChI is InChI=1S/C15H12ClFN4O/c16-11-3-1-10(2-4-11)15(22)14(9-19-18)21-20-13-7-5-12(17)6-8-13/h1-9,20H,18H2. The van der Waals surface area contributed by atoms with Gasteiger partial charge in [-0.05, 0) is 48.5 Å². The van der Waals surface area contributed by atoms with Crippen LogP contribution in [0.3, 0.4) is 0 Å². The number of carbonyl (C=O) groups is 1. The molecule has 0 saturated carbocycles. The fraction of sp³-hybridized carbons (Fsp3) is 0. The molecule has 3 N–H and O–H groups in total. The van der Waals surface area contributed by atoms with E-state index in [1.165, 1.54) is 24.3 Å². The molecule has 0 aliphatic carbocycles. The second-order valence-electron chi connectivity index (χ2n) is 4.23. The topological polar surface area (TPSA) is 79.8 Å². The zero-order chi connectivity index (χ0) is 15.9. The molecule has 0 aliphatic heterocycles. The summed E-state index contributed by atoms with van der Waals surface area (Å²) in [6.07, 6.45) is 1.13. The molecule has 0 bridgehead atoms. The van der Waals surface area contributed by atoms with Crippen molar-refractivity contribution in [3.05, 3.63) is 64.9 Å². The van der Waals surface area contributed by atoms with Crippen molar-refractivity contribution in [2.45, 2.75) is 0 Å². The lowest BCUT2D eigenvalue weighted by Gasteiger charge is -2.03. The van der Waals surface area contributed by atoms with E-state index < -0.39 is 0 Å². The molecular formula is C15H12ClFN4O. The summed E-state index contributed by atoms with van der Waals surface area (Å²) in [5, 5.41) is 7.79. The van der Waals surface area contributed by atoms with Crippen molar-refractivity contribution >= 4 is 35.0 Å². The van der Waals surface area contributed by atoms with Gasteiger partial charge in [-0.3, -0.25) is 10.2 Å². The van der Waals surface area contributed by atoms with Crippen molar-refractivity contribution in [2.24, 2.45) is 16.0 Å². The zero-order valence-electron chi connectivity index (χ0n) is 11.3. The van der Waals surface area contributed by atoms with Gasteiger partial charge in [0.2, 0.25) is 5.78 Å². The van der Waals surface area contributed by atoms with Crippen LogP contribution in [-0.2, 0) is 0 Å². The van der Waals surface area contributed by atoms with Crippen LogP contribution in [0, 0.1) is 5.82 Å². The van der Waals surface area contributed by atoms with Gasteiger partial charge in [-0.25, -0.2) is 4.39 Å². The molecule has 7 heteroatoms. The van der Waals surface area contributed by atoms with Crippen LogP contribution < -0.4 is 11.3 Å². The summed E-state index contributed by atoms with van der Waals surface area (Å²) < 4.78 is 12.8. The summed E-state index contributed by atoms with van der Waals surface area (Å²) in [6.45, 7) is 0. The van der Waals surface area contributed by atoms with Crippen molar-refractivity contribution in [1.82, 2.24) is 0 Å². The third-order valence-corrected chi connectivity index (χ3v) is 2.94. The molecular weight excluding hydrogens is 307 g/mol. The van der Waals surface area contributed by atoms with Crippen LogP contribution >= 0.6 is 11.6 Å². The average molecular weight is 319 g/mol. The van der Waals surface area contributed by atoms with E-state index in [4.69, 9.17) is 17.4 Å². The number of benzene rings is 2. The molecule has 2 rings (SSSR count). The second-order valence-corrected chi connectivity index (χ2v) is 4.67. The van der Waals surface area contributed by atoms with Crippen LogP contribution in [0.2, 0.25) is 5.02 Å². The highest BCUT2D eigenvalue weighted by atomic mass is 35.5. The maximum Gasteiger partial charge on any atom is 0.214 e. The Hall–Kier alpha value is -2.73. The Labute approximate surface area is 131 Å². The largest absolute Gasteiger partial charge is 0.323 e. The fourth-order valence-electron chi connectivity index (χ4n) is 1.61. The van der Waals surface area contributed by atoms with E-state index in [2.05, 4.69) is 15.6 Å². The minimum atomic E-state index is -0.375. The minimum Gasteiger partial charge on any atom is -0.323 e. The van der Waals surface area contributed by atoms with Crippen molar-refractivity contribution in [3.8, 4) is 0 Å². The summed E-state index contributed by atoms with van der Waals surface area (Å²) >= 11 is 5.78. The molecule has 22 heavy (non-hydrogen) atoms. The number of hydrazone groups is 2. The number of ketones is 1. The highest BCUT2D eigenvalue weighted by molar-refractivity contribution is 6.64. The van der Waals surface area contributed by atoms with E-state index in [0.29, 0.717) is 16.3 Å². The van der Waals surface area contributed by atoms with Crippen LogP contribution in [0.5, 0.6) is 0 Å². The van der Waals surface area contributed by atoms with Gasteiger partial charge in [-0.1, -0.05) is 11.6 Å². The lowest BCUT2D eigenvalue weighted by Crippen LogP contribution is -2.18. The maximum absolute atomic E-state index is 12.8. The number of hydrogen-bond acceptors (Lipinski definition) is 5. The number of anilines is 1. The number of carbonyl (C=O) groups excluding carboxylic acids is 1. The molecule has 0 atom stereocenters. The Balaban J connectivity index is 2.21. The first-order valence-corrected chi connectivity index (χ1v) is 6.61. The summed E-state index contributed by atoms with van der Waals surface area (Å²) in [7, 11) is 0. The van der Waals surface area contributed by atoms with E-state index in [1.807, 2.05) is 0 Å². The number of Topliss-reactive ketones (excluding diaryl/α,β-unsaturated/α-hetero) is 1. The van der Waals surface area contributed by atoms with E-state index in [-0.39, 0.29) is 17.3 Å². The molecule has 0 spiro atoms. The molecule has 112 valence electrons. The molecule has 0 amide bonds. The lowest BCUT2D eigenvalue weighted by atomic mass is 10.1. The smallest absolute Gasteiger partial charge is 0.214 e. The fourth-order valence-corrected chi connectivity index (χ4v) is 1.73. The number of rotatable bonds is 5. The molecule has 0 aromatic heterocycles. The van der Waals surface area contributed by atoms with E-state index >= 15 is 0 Å². The molecule has 0 aliphatic rings. The van der Waals surface area contributed by atoms with Gasteiger partial charge in [0.1, 0.15) is 5.82 Å². The van der Waals surface area contributed by atoms with E-state index in [1.54, 1.807) is 24.3 Å². The monoisotopic (exact) mass is 318 g/mol. The van der Waals surface area contributed by atoms with Gasteiger partial charge in [0.25, 0.3) is 0 Å². The van der Waals surface area contributed by atoms with Gasteiger partial charge in [-0.2, -0.15) is 10.2 Å². The van der Waals surface area contributed by atoms with Crippen molar-refractivity contribution in [1.29, 1.82) is 0 Å². The van der Waals surface area contributed by atoms with Crippen molar-refractivity contribution < 1.29 is 9.18 Å². The SMILES string of the molecule is NN=CC(=NNc1ccc(F)cc1)C(=O)c1ccc(Cl)cc1. The first-order valence-electron chi connectivity index (χ1n) is 6.23. The van der Waals surface area contributed by atoms with Crippen LogP contribution in [0.4, 0.5) is 10.1 Å². The predicted molar refractivity (Wildman–Crippen MR) is 85.9 cm³/mol. The molecule has 0 fully saturated rings. The second kappa shape index (κ2) is 7.33. The molecule has 2 aromatic carbocycles. The normalized spacial score (nSPS) is 11.6. The van der Waals surface area contributed by atoms with E-state index in [9.17, 15) is 9.18 Å². The van der Waals surface area contributed by atoms with Crippen LogP contribution in [-0.4, -0.2) is 17.7 Å². The number of hydrogen-bond donors (Lipinski definition) is 2. The highest BCUT2D eigenvalue weighted by Gasteiger charge is 2.12. The highest BCUT2D eigenvalue weighted by Crippen LogP contribution is 2.11.